The molecule has 0 unspecified atom stereocenters. The summed E-state index contributed by atoms with van der Waals surface area (Å²) in [5.74, 6) is 0.476. The molecule has 2 heterocycles. The standard InChI is InChI=1S/C19H20FN5O2/c1-12(11-26)22-19-24-16(15-5-3-4-8-21-15)10-18(25-19)23-13-6-7-17(27-2)14(20)9-13/h3-10,12,26H,11H2,1-2H3,(H2,22,23,24,25)/t12-/m0/s1. The van der Waals surface area contributed by atoms with Crippen LogP contribution in [0.25, 0.3) is 11.4 Å². The number of methoxy groups -OCH3 is 1. The molecule has 140 valence electrons. The normalized spacial score (nSPS) is 11.7. The summed E-state index contributed by atoms with van der Waals surface area (Å²) < 4.78 is 18.9. The Balaban J connectivity index is 1.95. The molecule has 8 heteroatoms. The minimum atomic E-state index is -0.478. The number of halogens is 1. The Morgan fingerprint density at radius 1 is 1.15 bits per heavy atom. The van der Waals surface area contributed by atoms with Crippen LogP contribution in [0.5, 0.6) is 5.75 Å². The van der Waals surface area contributed by atoms with Gasteiger partial charge in [-0.15, -0.1) is 0 Å². The quantitative estimate of drug-likeness (QED) is 0.589. The van der Waals surface area contributed by atoms with Gasteiger partial charge in [0.25, 0.3) is 0 Å². The predicted molar refractivity (Wildman–Crippen MR) is 102 cm³/mol. The van der Waals surface area contributed by atoms with E-state index in [4.69, 9.17) is 4.74 Å². The highest BCUT2D eigenvalue weighted by atomic mass is 19.1. The lowest BCUT2D eigenvalue weighted by atomic mass is 10.2. The number of nitrogens with one attached hydrogen (secondary N) is 2. The van der Waals surface area contributed by atoms with Crippen molar-refractivity contribution in [2.45, 2.75) is 13.0 Å². The van der Waals surface area contributed by atoms with Crippen LogP contribution in [-0.4, -0.2) is 39.8 Å². The third-order valence-corrected chi connectivity index (χ3v) is 3.73. The van der Waals surface area contributed by atoms with Gasteiger partial charge < -0.3 is 20.5 Å². The molecule has 3 aromatic rings. The maximum atomic E-state index is 13.9. The SMILES string of the molecule is COc1ccc(Nc2cc(-c3ccccn3)nc(N[C@@H](C)CO)n2)cc1F. The first-order valence-electron chi connectivity index (χ1n) is 8.37. The summed E-state index contributed by atoms with van der Waals surface area (Å²) in [7, 11) is 1.41. The van der Waals surface area contributed by atoms with E-state index in [-0.39, 0.29) is 18.4 Å². The molecule has 0 aliphatic carbocycles. The maximum absolute atomic E-state index is 13.9. The number of aliphatic hydroxyl groups excluding tert-OH is 1. The Kier molecular flexibility index (Phi) is 5.77. The summed E-state index contributed by atoms with van der Waals surface area (Å²) in [5, 5.41) is 15.4. The average Bonchev–Trinajstić information content (AvgIpc) is 2.68. The van der Waals surface area contributed by atoms with Gasteiger partial charge in [-0.2, -0.15) is 4.98 Å². The summed E-state index contributed by atoms with van der Waals surface area (Å²) in [5.41, 5.74) is 1.78. The third kappa shape index (κ3) is 4.68. The lowest BCUT2D eigenvalue weighted by Crippen LogP contribution is -2.21. The molecule has 0 aliphatic rings. The van der Waals surface area contributed by atoms with E-state index in [2.05, 4.69) is 25.6 Å². The van der Waals surface area contributed by atoms with Crippen LogP contribution in [0.3, 0.4) is 0 Å². The van der Waals surface area contributed by atoms with Crippen LogP contribution in [-0.2, 0) is 0 Å². The second-order valence-corrected chi connectivity index (χ2v) is 5.88. The first-order valence-corrected chi connectivity index (χ1v) is 8.37. The smallest absolute Gasteiger partial charge is 0.225 e. The molecular formula is C19H20FN5O2. The van der Waals surface area contributed by atoms with Gasteiger partial charge >= 0.3 is 0 Å². The third-order valence-electron chi connectivity index (χ3n) is 3.73. The second kappa shape index (κ2) is 8.41. The molecule has 2 aromatic heterocycles. The lowest BCUT2D eigenvalue weighted by Gasteiger charge is -2.14. The highest BCUT2D eigenvalue weighted by molar-refractivity contribution is 5.65. The molecule has 0 saturated carbocycles. The Bertz CT molecular complexity index is 908. The van der Waals surface area contributed by atoms with E-state index in [0.29, 0.717) is 28.8 Å². The molecule has 0 aliphatic heterocycles. The molecule has 0 bridgehead atoms. The number of hydrogen-bond donors (Lipinski definition) is 3. The zero-order chi connectivity index (χ0) is 19.2. The van der Waals surface area contributed by atoms with Crippen molar-refractivity contribution in [1.82, 2.24) is 15.0 Å². The predicted octanol–water partition coefficient (Wildman–Crippen LogP) is 3.22. The number of pyridine rings is 1. The topological polar surface area (TPSA) is 92.2 Å². The van der Waals surface area contributed by atoms with E-state index in [1.54, 1.807) is 18.3 Å². The Morgan fingerprint density at radius 2 is 2.00 bits per heavy atom. The number of benzene rings is 1. The van der Waals surface area contributed by atoms with Crippen LogP contribution in [0.15, 0.2) is 48.7 Å². The summed E-state index contributed by atoms with van der Waals surface area (Å²) >= 11 is 0. The Hall–Kier alpha value is -3.26. The highest BCUT2D eigenvalue weighted by Crippen LogP contribution is 2.25. The molecule has 7 nitrogen and oxygen atoms in total. The zero-order valence-electron chi connectivity index (χ0n) is 15.0. The molecular weight excluding hydrogens is 349 g/mol. The first kappa shape index (κ1) is 18.5. The molecule has 1 aromatic carbocycles. The molecule has 0 spiro atoms. The molecule has 0 saturated heterocycles. The van der Waals surface area contributed by atoms with Crippen LogP contribution in [0.2, 0.25) is 0 Å². The van der Waals surface area contributed by atoms with Crippen LogP contribution in [0.1, 0.15) is 6.92 Å². The number of rotatable bonds is 7. The number of aliphatic hydroxyl groups is 1. The van der Waals surface area contributed by atoms with Gasteiger partial charge in [-0.05, 0) is 31.2 Å². The van der Waals surface area contributed by atoms with Crippen molar-refractivity contribution in [2.75, 3.05) is 24.4 Å². The van der Waals surface area contributed by atoms with E-state index in [0.717, 1.165) is 0 Å². The van der Waals surface area contributed by atoms with Crippen molar-refractivity contribution in [3.63, 3.8) is 0 Å². The van der Waals surface area contributed by atoms with Crippen LogP contribution < -0.4 is 15.4 Å². The molecule has 27 heavy (non-hydrogen) atoms. The van der Waals surface area contributed by atoms with E-state index in [9.17, 15) is 9.50 Å². The van der Waals surface area contributed by atoms with Gasteiger partial charge in [-0.25, -0.2) is 9.37 Å². The molecule has 3 rings (SSSR count). The van der Waals surface area contributed by atoms with Crippen molar-refractivity contribution in [2.24, 2.45) is 0 Å². The molecule has 0 fully saturated rings. The van der Waals surface area contributed by atoms with Crippen LogP contribution in [0, 0.1) is 5.82 Å². The molecule has 1 atom stereocenters. The largest absolute Gasteiger partial charge is 0.494 e. The monoisotopic (exact) mass is 369 g/mol. The van der Waals surface area contributed by atoms with Gasteiger partial charge in [0, 0.05) is 30.1 Å². The first-order chi connectivity index (χ1) is 13.1. The van der Waals surface area contributed by atoms with E-state index in [1.165, 1.54) is 19.2 Å². The Labute approximate surface area is 156 Å². The zero-order valence-corrected chi connectivity index (χ0v) is 15.0. The number of hydrogen-bond acceptors (Lipinski definition) is 7. The van der Waals surface area contributed by atoms with Gasteiger partial charge in [0.2, 0.25) is 5.95 Å². The highest BCUT2D eigenvalue weighted by Gasteiger charge is 2.11. The van der Waals surface area contributed by atoms with Crippen molar-refractivity contribution < 1.29 is 14.2 Å². The fourth-order valence-corrected chi connectivity index (χ4v) is 2.38. The number of ether oxygens (including phenoxy) is 1. The van der Waals surface area contributed by atoms with Gasteiger partial charge in [0.15, 0.2) is 11.6 Å². The number of aromatic nitrogens is 3. The lowest BCUT2D eigenvalue weighted by molar-refractivity contribution is 0.281. The molecule has 0 amide bonds. The fourth-order valence-electron chi connectivity index (χ4n) is 2.38. The maximum Gasteiger partial charge on any atom is 0.225 e. The minimum Gasteiger partial charge on any atom is -0.494 e. The minimum absolute atomic E-state index is 0.0658. The summed E-state index contributed by atoms with van der Waals surface area (Å²) in [6.07, 6.45) is 1.67. The van der Waals surface area contributed by atoms with Crippen molar-refractivity contribution in [1.29, 1.82) is 0 Å². The van der Waals surface area contributed by atoms with Crippen LogP contribution in [0.4, 0.5) is 21.8 Å². The van der Waals surface area contributed by atoms with Gasteiger partial charge in [-0.3, -0.25) is 4.98 Å². The van der Waals surface area contributed by atoms with Gasteiger partial charge in [0.05, 0.1) is 25.1 Å². The molecule has 0 radical (unpaired) electrons. The number of nitrogens with zero attached hydrogens (tertiary/aromatic N) is 3. The molecule has 3 N–H and O–H groups in total. The average molecular weight is 369 g/mol. The summed E-state index contributed by atoms with van der Waals surface area (Å²) in [4.78, 5) is 13.1. The van der Waals surface area contributed by atoms with Crippen molar-refractivity contribution >= 4 is 17.5 Å². The van der Waals surface area contributed by atoms with E-state index >= 15 is 0 Å². The van der Waals surface area contributed by atoms with E-state index < -0.39 is 5.82 Å². The second-order valence-electron chi connectivity index (χ2n) is 5.88. The van der Waals surface area contributed by atoms with Gasteiger partial charge in [-0.1, -0.05) is 6.07 Å². The van der Waals surface area contributed by atoms with Crippen molar-refractivity contribution in [3.8, 4) is 17.1 Å². The van der Waals surface area contributed by atoms with Crippen molar-refractivity contribution in [3.05, 3.63) is 54.5 Å². The van der Waals surface area contributed by atoms with Crippen LogP contribution >= 0.6 is 0 Å². The Morgan fingerprint density at radius 3 is 2.67 bits per heavy atom. The number of anilines is 3. The van der Waals surface area contributed by atoms with Gasteiger partial charge in [0.1, 0.15) is 5.82 Å². The van der Waals surface area contributed by atoms with E-state index in [1.807, 2.05) is 25.1 Å². The fraction of sp³-hybridized carbons (Fsp3) is 0.211. The summed E-state index contributed by atoms with van der Waals surface area (Å²) in [6, 6.07) is 11.5. The summed E-state index contributed by atoms with van der Waals surface area (Å²) in [6.45, 7) is 1.74.